The van der Waals surface area contributed by atoms with Crippen LogP contribution in [0.1, 0.15) is 23.3 Å². The molecule has 7 heteroatoms. The van der Waals surface area contributed by atoms with E-state index in [2.05, 4.69) is 24.9 Å². The molecule has 1 N–H and O–H groups in total. The van der Waals surface area contributed by atoms with E-state index in [9.17, 15) is 9.18 Å². The van der Waals surface area contributed by atoms with Gasteiger partial charge in [-0.25, -0.2) is 19.2 Å². The van der Waals surface area contributed by atoms with Crippen LogP contribution in [0.2, 0.25) is 0 Å². The number of carbonyl (C=O) groups is 1. The molecule has 0 bridgehead atoms. The van der Waals surface area contributed by atoms with Crippen molar-refractivity contribution >= 4 is 17.5 Å². The zero-order chi connectivity index (χ0) is 16.9. The van der Waals surface area contributed by atoms with Crippen LogP contribution >= 0.6 is 0 Å². The third-order valence-electron chi connectivity index (χ3n) is 4.01. The lowest BCUT2D eigenvalue weighted by atomic mass is 10.0. The molecule has 24 heavy (non-hydrogen) atoms. The van der Waals surface area contributed by atoms with Crippen molar-refractivity contribution in [3.63, 3.8) is 0 Å². The molecule has 0 saturated carbocycles. The summed E-state index contributed by atoms with van der Waals surface area (Å²) >= 11 is 0. The number of carbonyl (C=O) groups excluding carboxylic acids is 1. The van der Waals surface area contributed by atoms with Crippen molar-refractivity contribution in [3.8, 4) is 0 Å². The number of ether oxygens (including phenoxy) is 1. The highest BCUT2D eigenvalue weighted by atomic mass is 19.1. The number of methoxy groups -OCH3 is 1. The second-order valence-electron chi connectivity index (χ2n) is 5.69. The van der Waals surface area contributed by atoms with Gasteiger partial charge < -0.3 is 15.0 Å². The standard InChI is InChI=1S/C17H19FN4O2/c1-24-17(23)15-9-16(20-11-19-15)21-13-5-3-7-22(10-13)14-6-2-4-12(18)8-14/h2,4,6,8-9,11,13H,3,5,7,10H2,1H3,(H,19,20,21)/t13-/m1/s1. The van der Waals surface area contributed by atoms with Gasteiger partial charge in [-0.05, 0) is 31.0 Å². The zero-order valence-corrected chi connectivity index (χ0v) is 13.4. The Morgan fingerprint density at radius 1 is 1.38 bits per heavy atom. The van der Waals surface area contributed by atoms with Gasteiger partial charge in [0.25, 0.3) is 0 Å². The SMILES string of the molecule is COC(=O)c1cc(N[C@@H]2CCCN(c3cccc(F)c3)C2)ncn1. The Balaban J connectivity index is 1.68. The maximum absolute atomic E-state index is 13.4. The Hall–Kier alpha value is -2.70. The van der Waals surface area contributed by atoms with Crippen LogP contribution in [0, 0.1) is 5.82 Å². The van der Waals surface area contributed by atoms with Gasteiger partial charge >= 0.3 is 5.97 Å². The highest BCUT2D eigenvalue weighted by Crippen LogP contribution is 2.22. The van der Waals surface area contributed by atoms with Crippen LogP contribution in [0.15, 0.2) is 36.7 Å². The summed E-state index contributed by atoms with van der Waals surface area (Å²) in [5.74, 6) is -0.150. The molecule has 1 atom stereocenters. The summed E-state index contributed by atoms with van der Waals surface area (Å²) in [4.78, 5) is 21.7. The summed E-state index contributed by atoms with van der Waals surface area (Å²) in [6.07, 6.45) is 3.30. The summed E-state index contributed by atoms with van der Waals surface area (Å²) in [6.45, 7) is 1.62. The average Bonchev–Trinajstić information content (AvgIpc) is 2.61. The Kier molecular flexibility index (Phi) is 4.88. The van der Waals surface area contributed by atoms with E-state index in [1.807, 2.05) is 6.07 Å². The van der Waals surface area contributed by atoms with Gasteiger partial charge in [0, 0.05) is 30.9 Å². The number of esters is 1. The van der Waals surface area contributed by atoms with Crippen LogP contribution in [0.5, 0.6) is 0 Å². The molecule has 1 aliphatic rings. The molecule has 1 aromatic carbocycles. The lowest BCUT2D eigenvalue weighted by Gasteiger charge is -2.35. The van der Waals surface area contributed by atoms with Crippen molar-refractivity contribution in [2.45, 2.75) is 18.9 Å². The molecule has 0 amide bonds. The van der Waals surface area contributed by atoms with Gasteiger partial charge in [-0.3, -0.25) is 0 Å². The van der Waals surface area contributed by atoms with Gasteiger partial charge in [0.05, 0.1) is 7.11 Å². The molecule has 2 heterocycles. The predicted molar refractivity (Wildman–Crippen MR) is 88.6 cm³/mol. The lowest BCUT2D eigenvalue weighted by Crippen LogP contribution is -2.42. The second-order valence-corrected chi connectivity index (χ2v) is 5.69. The van der Waals surface area contributed by atoms with Gasteiger partial charge in [0.1, 0.15) is 18.0 Å². The highest BCUT2D eigenvalue weighted by Gasteiger charge is 2.21. The summed E-state index contributed by atoms with van der Waals surface area (Å²) < 4.78 is 18.1. The molecule has 0 unspecified atom stereocenters. The monoisotopic (exact) mass is 330 g/mol. The van der Waals surface area contributed by atoms with Crippen LogP contribution in [0.3, 0.4) is 0 Å². The summed E-state index contributed by atoms with van der Waals surface area (Å²) in [7, 11) is 1.32. The van der Waals surface area contributed by atoms with E-state index in [0.717, 1.165) is 31.6 Å². The van der Waals surface area contributed by atoms with Crippen LogP contribution < -0.4 is 10.2 Å². The molecule has 6 nitrogen and oxygen atoms in total. The third-order valence-corrected chi connectivity index (χ3v) is 4.01. The summed E-state index contributed by atoms with van der Waals surface area (Å²) in [5.41, 5.74) is 1.09. The lowest BCUT2D eigenvalue weighted by molar-refractivity contribution is 0.0594. The molecule has 2 aromatic rings. The van der Waals surface area contributed by atoms with Crippen LogP contribution in [0.25, 0.3) is 0 Å². The minimum atomic E-state index is -0.495. The first-order valence-corrected chi connectivity index (χ1v) is 7.83. The van der Waals surface area contributed by atoms with Crippen LogP contribution in [-0.4, -0.2) is 42.2 Å². The molecule has 3 rings (SSSR count). The highest BCUT2D eigenvalue weighted by molar-refractivity contribution is 5.87. The third kappa shape index (κ3) is 3.79. The predicted octanol–water partition coefficient (Wildman–Crippen LogP) is 2.48. The minimum Gasteiger partial charge on any atom is -0.464 e. The number of nitrogens with zero attached hydrogens (tertiary/aromatic N) is 3. The Bertz CT molecular complexity index is 725. The summed E-state index contributed by atoms with van der Waals surface area (Å²) in [6, 6.07) is 8.34. The number of piperidine rings is 1. The number of nitrogens with one attached hydrogen (secondary N) is 1. The normalized spacial score (nSPS) is 17.4. The van der Waals surface area contributed by atoms with E-state index in [-0.39, 0.29) is 17.6 Å². The number of aromatic nitrogens is 2. The smallest absolute Gasteiger partial charge is 0.356 e. The van der Waals surface area contributed by atoms with Crippen molar-refractivity contribution in [1.82, 2.24) is 9.97 Å². The topological polar surface area (TPSA) is 67.3 Å². The van der Waals surface area contributed by atoms with Gasteiger partial charge in [-0.15, -0.1) is 0 Å². The molecule has 1 saturated heterocycles. The zero-order valence-electron chi connectivity index (χ0n) is 13.4. The van der Waals surface area contributed by atoms with E-state index in [0.29, 0.717) is 5.82 Å². The molecule has 1 aliphatic heterocycles. The number of benzene rings is 1. The fourth-order valence-corrected chi connectivity index (χ4v) is 2.86. The Labute approximate surface area is 139 Å². The fourth-order valence-electron chi connectivity index (χ4n) is 2.86. The first-order chi connectivity index (χ1) is 11.7. The van der Waals surface area contributed by atoms with E-state index in [1.54, 1.807) is 18.2 Å². The number of hydrogen-bond donors (Lipinski definition) is 1. The van der Waals surface area contributed by atoms with Gasteiger partial charge in [-0.1, -0.05) is 6.07 Å². The molecular formula is C17H19FN4O2. The first-order valence-electron chi connectivity index (χ1n) is 7.83. The van der Waals surface area contributed by atoms with Crippen molar-refractivity contribution < 1.29 is 13.9 Å². The summed E-state index contributed by atoms with van der Waals surface area (Å²) in [5, 5.41) is 3.32. The van der Waals surface area contributed by atoms with E-state index in [1.165, 1.54) is 19.5 Å². The minimum absolute atomic E-state index is 0.155. The maximum Gasteiger partial charge on any atom is 0.356 e. The van der Waals surface area contributed by atoms with E-state index >= 15 is 0 Å². The average molecular weight is 330 g/mol. The molecule has 0 spiro atoms. The molecule has 1 aromatic heterocycles. The number of halogens is 1. The number of hydrogen-bond acceptors (Lipinski definition) is 6. The fraction of sp³-hybridized carbons (Fsp3) is 0.353. The van der Waals surface area contributed by atoms with E-state index < -0.39 is 5.97 Å². The van der Waals surface area contributed by atoms with Crippen molar-refractivity contribution in [2.24, 2.45) is 0 Å². The van der Waals surface area contributed by atoms with Gasteiger partial charge in [-0.2, -0.15) is 0 Å². The van der Waals surface area contributed by atoms with Crippen molar-refractivity contribution in [3.05, 3.63) is 48.2 Å². The molecule has 1 fully saturated rings. The number of rotatable bonds is 4. The van der Waals surface area contributed by atoms with Crippen LogP contribution in [-0.2, 0) is 4.74 Å². The van der Waals surface area contributed by atoms with Gasteiger partial charge in [0.2, 0.25) is 0 Å². The number of anilines is 2. The second kappa shape index (κ2) is 7.25. The van der Waals surface area contributed by atoms with E-state index in [4.69, 9.17) is 0 Å². The van der Waals surface area contributed by atoms with Crippen molar-refractivity contribution in [1.29, 1.82) is 0 Å². The van der Waals surface area contributed by atoms with Crippen molar-refractivity contribution in [2.75, 3.05) is 30.4 Å². The molecule has 126 valence electrons. The Morgan fingerprint density at radius 2 is 2.25 bits per heavy atom. The molecule has 0 radical (unpaired) electrons. The Morgan fingerprint density at radius 3 is 3.04 bits per heavy atom. The molecular weight excluding hydrogens is 311 g/mol. The maximum atomic E-state index is 13.4. The quantitative estimate of drug-likeness (QED) is 0.869. The van der Waals surface area contributed by atoms with Gasteiger partial charge in [0.15, 0.2) is 5.69 Å². The van der Waals surface area contributed by atoms with Crippen LogP contribution in [0.4, 0.5) is 15.9 Å². The molecule has 0 aliphatic carbocycles. The first kappa shape index (κ1) is 16.2. The largest absolute Gasteiger partial charge is 0.464 e.